The summed E-state index contributed by atoms with van der Waals surface area (Å²) in [6.07, 6.45) is 4.66. The molecule has 0 spiro atoms. The smallest absolute Gasteiger partial charge is 0.335 e. The number of nitrogens with zero attached hydrogens (tertiary/aromatic N) is 4. The van der Waals surface area contributed by atoms with Crippen LogP contribution in [0.1, 0.15) is 34.3 Å². The highest BCUT2D eigenvalue weighted by molar-refractivity contribution is 7.11. The molecule has 2 aliphatic rings. The van der Waals surface area contributed by atoms with E-state index >= 15 is 0 Å². The van der Waals surface area contributed by atoms with E-state index in [0.717, 1.165) is 17.3 Å². The number of hydrogen-bond acceptors (Lipinski definition) is 7. The number of aromatic nitrogens is 3. The van der Waals surface area contributed by atoms with E-state index < -0.39 is 34.6 Å². The van der Waals surface area contributed by atoms with E-state index in [1.807, 2.05) is 0 Å². The first-order valence-corrected chi connectivity index (χ1v) is 12.1. The summed E-state index contributed by atoms with van der Waals surface area (Å²) in [6.45, 7) is -0.281. The topological polar surface area (TPSA) is 130 Å². The Morgan fingerprint density at radius 3 is 2.78 bits per heavy atom. The van der Waals surface area contributed by atoms with Crippen molar-refractivity contribution >= 4 is 40.7 Å². The molecule has 0 radical (unpaired) electrons. The lowest BCUT2D eigenvalue weighted by Gasteiger charge is -2.32. The second-order valence-electron chi connectivity index (χ2n) is 8.37. The summed E-state index contributed by atoms with van der Waals surface area (Å²) in [7, 11) is 0. The van der Waals surface area contributed by atoms with Crippen LogP contribution in [0.3, 0.4) is 0 Å². The van der Waals surface area contributed by atoms with Crippen molar-refractivity contribution in [3.05, 3.63) is 79.7 Å². The quantitative estimate of drug-likeness (QED) is 0.413. The normalized spacial score (nSPS) is 19.5. The zero-order chi connectivity index (χ0) is 25.6. The van der Waals surface area contributed by atoms with Crippen molar-refractivity contribution < 1.29 is 28.6 Å². The van der Waals surface area contributed by atoms with E-state index in [0.29, 0.717) is 35.8 Å². The number of halogens is 3. The van der Waals surface area contributed by atoms with Gasteiger partial charge in [0.05, 0.1) is 16.3 Å². The van der Waals surface area contributed by atoms with Gasteiger partial charge in [0, 0.05) is 35.0 Å². The standard InChI is InChI=1S/C23H18ClF2N5O4S/c24-17-12(2-3-13(25)18(17)26)20-16(23(34)35)19(28-21(29-20)22-27-5-6-36-22)10-1-4-14-11(7-10)8-31(30-14)9-15(32)33/h2-3,5-6,8,10,20H,1,4,7,9H2,(H,28,29)(H,32,33)(H,34,35). The van der Waals surface area contributed by atoms with Gasteiger partial charge in [-0.2, -0.15) is 5.10 Å². The lowest BCUT2D eigenvalue weighted by molar-refractivity contribution is -0.138. The molecule has 0 saturated carbocycles. The highest BCUT2D eigenvalue weighted by Gasteiger charge is 2.38. The molecule has 9 nitrogen and oxygen atoms in total. The Bertz CT molecular complexity index is 1440. The monoisotopic (exact) mass is 533 g/mol. The van der Waals surface area contributed by atoms with Gasteiger partial charge < -0.3 is 15.5 Å². The average Bonchev–Trinajstić information content (AvgIpc) is 3.50. The summed E-state index contributed by atoms with van der Waals surface area (Å²) in [5.74, 6) is -4.75. The fraction of sp³-hybridized carbons (Fsp3) is 0.261. The lowest BCUT2D eigenvalue weighted by Crippen LogP contribution is -2.38. The molecule has 5 rings (SSSR count). The Morgan fingerprint density at radius 1 is 1.28 bits per heavy atom. The first-order valence-electron chi connectivity index (χ1n) is 10.8. The minimum absolute atomic E-state index is 0.0202. The molecule has 36 heavy (non-hydrogen) atoms. The van der Waals surface area contributed by atoms with E-state index in [1.165, 1.54) is 22.1 Å². The van der Waals surface area contributed by atoms with Crippen LogP contribution in [-0.4, -0.2) is 42.8 Å². The van der Waals surface area contributed by atoms with Gasteiger partial charge >= 0.3 is 11.9 Å². The van der Waals surface area contributed by atoms with E-state index in [4.69, 9.17) is 16.7 Å². The summed E-state index contributed by atoms with van der Waals surface area (Å²) >= 11 is 7.41. The molecule has 3 N–H and O–H groups in total. The number of rotatable bonds is 6. The number of benzene rings is 1. The number of allylic oxidation sites excluding steroid dienone is 1. The number of aryl methyl sites for hydroxylation is 1. The Balaban J connectivity index is 1.61. The summed E-state index contributed by atoms with van der Waals surface area (Å²) in [5, 5.41) is 28.5. The molecule has 186 valence electrons. The van der Waals surface area contributed by atoms with Crippen molar-refractivity contribution in [3.8, 4) is 0 Å². The number of thiazole rings is 1. The molecule has 3 heterocycles. The molecule has 1 aliphatic heterocycles. The van der Waals surface area contributed by atoms with E-state index in [9.17, 15) is 23.5 Å². The van der Waals surface area contributed by atoms with Crippen LogP contribution in [0.15, 0.2) is 46.2 Å². The summed E-state index contributed by atoms with van der Waals surface area (Å²) in [4.78, 5) is 32.4. The number of carboxylic acid groups (broad SMARTS) is 2. The summed E-state index contributed by atoms with van der Waals surface area (Å²) in [5.41, 5.74) is 1.83. The number of carbonyl (C=O) groups is 2. The van der Waals surface area contributed by atoms with Crippen molar-refractivity contribution in [1.82, 2.24) is 20.1 Å². The number of hydrogen-bond donors (Lipinski definition) is 3. The fourth-order valence-electron chi connectivity index (χ4n) is 4.58. The number of aliphatic carboxylic acids is 2. The van der Waals surface area contributed by atoms with Crippen LogP contribution in [0.25, 0.3) is 0 Å². The van der Waals surface area contributed by atoms with E-state index in [-0.39, 0.29) is 23.6 Å². The molecule has 2 atom stereocenters. The van der Waals surface area contributed by atoms with Gasteiger partial charge in [0.15, 0.2) is 22.5 Å². The molecule has 0 bridgehead atoms. The predicted molar refractivity (Wildman–Crippen MR) is 126 cm³/mol. The molecule has 0 amide bonds. The van der Waals surface area contributed by atoms with Crippen LogP contribution in [0.2, 0.25) is 5.02 Å². The van der Waals surface area contributed by atoms with Gasteiger partial charge in [-0.25, -0.2) is 18.6 Å². The minimum atomic E-state index is -1.28. The van der Waals surface area contributed by atoms with Crippen molar-refractivity contribution in [2.24, 2.45) is 10.9 Å². The third-order valence-electron chi connectivity index (χ3n) is 6.13. The van der Waals surface area contributed by atoms with Gasteiger partial charge in [-0.05, 0) is 30.9 Å². The van der Waals surface area contributed by atoms with Gasteiger partial charge in [0.2, 0.25) is 0 Å². The van der Waals surface area contributed by atoms with Crippen LogP contribution in [0, 0.1) is 17.6 Å². The largest absolute Gasteiger partial charge is 0.480 e. The van der Waals surface area contributed by atoms with Crippen molar-refractivity contribution in [2.75, 3.05) is 0 Å². The maximum Gasteiger partial charge on any atom is 0.335 e. The van der Waals surface area contributed by atoms with Gasteiger partial charge in [-0.3, -0.25) is 14.5 Å². The third kappa shape index (κ3) is 4.37. The molecular weight excluding hydrogens is 516 g/mol. The molecule has 0 saturated heterocycles. The summed E-state index contributed by atoms with van der Waals surface area (Å²) in [6, 6.07) is 0.909. The highest BCUT2D eigenvalue weighted by atomic mass is 35.5. The maximum absolute atomic E-state index is 14.4. The van der Waals surface area contributed by atoms with Crippen LogP contribution < -0.4 is 5.32 Å². The first-order chi connectivity index (χ1) is 17.2. The third-order valence-corrected chi connectivity index (χ3v) is 7.29. The SMILES string of the molecule is O=C(O)Cn1cc2c(n1)CCC(C1=C(C(=O)O)C(c3ccc(F)c(F)c3Cl)N=C(c3nccs3)N1)C2. The number of fused-ring (bicyclic) bond motifs is 1. The Kier molecular flexibility index (Phi) is 6.31. The number of aliphatic imine (C=N–C) groups is 1. The molecule has 0 fully saturated rings. The first kappa shape index (κ1) is 24.1. The molecule has 3 aromatic rings. The lowest BCUT2D eigenvalue weighted by atomic mass is 9.81. The number of carboxylic acids is 2. The van der Waals surface area contributed by atoms with E-state index in [1.54, 1.807) is 17.8 Å². The second-order valence-corrected chi connectivity index (χ2v) is 9.64. The van der Waals surface area contributed by atoms with Gasteiger partial charge in [-0.1, -0.05) is 17.7 Å². The van der Waals surface area contributed by atoms with Crippen LogP contribution in [0.5, 0.6) is 0 Å². The Morgan fingerprint density at radius 2 is 2.08 bits per heavy atom. The number of amidine groups is 1. The zero-order valence-corrected chi connectivity index (χ0v) is 20.0. The average molecular weight is 534 g/mol. The molecule has 2 unspecified atom stereocenters. The van der Waals surface area contributed by atoms with Crippen LogP contribution in [-0.2, 0) is 29.0 Å². The van der Waals surface area contributed by atoms with Gasteiger partial charge in [0.25, 0.3) is 0 Å². The van der Waals surface area contributed by atoms with Crippen molar-refractivity contribution in [1.29, 1.82) is 0 Å². The Labute approximate surface area is 211 Å². The summed E-state index contributed by atoms with van der Waals surface area (Å²) < 4.78 is 29.5. The molecule has 1 aromatic carbocycles. The number of nitrogens with one attached hydrogen (secondary N) is 1. The van der Waals surface area contributed by atoms with E-state index in [2.05, 4.69) is 20.4 Å². The van der Waals surface area contributed by atoms with Crippen molar-refractivity contribution in [2.45, 2.75) is 31.8 Å². The second kappa shape index (κ2) is 9.43. The van der Waals surface area contributed by atoms with Crippen molar-refractivity contribution in [3.63, 3.8) is 0 Å². The maximum atomic E-state index is 14.4. The zero-order valence-electron chi connectivity index (χ0n) is 18.4. The molecule has 13 heteroatoms. The Hall–Kier alpha value is -3.64. The van der Waals surface area contributed by atoms with Crippen LogP contribution >= 0.6 is 22.9 Å². The van der Waals surface area contributed by atoms with Gasteiger partial charge in [-0.15, -0.1) is 11.3 Å². The predicted octanol–water partition coefficient (Wildman–Crippen LogP) is 3.59. The molecule has 1 aliphatic carbocycles. The highest BCUT2D eigenvalue weighted by Crippen LogP contribution is 2.41. The molecule has 2 aromatic heterocycles. The van der Waals surface area contributed by atoms with Crippen LogP contribution in [0.4, 0.5) is 8.78 Å². The fourth-order valence-corrected chi connectivity index (χ4v) is 5.42. The van der Waals surface area contributed by atoms with Gasteiger partial charge in [0.1, 0.15) is 12.6 Å². The minimum Gasteiger partial charge on any atom is -0.480 e. The molecular formula is C23H18ClF2N5O4S.